The Kier molecular flexibility index (Phi) is 6.33. The summed E-state index contributed by atoms with van der Waals surface area (Å²) in [6, 6.07) is 8.90. The van der Waals surface area contributed by atoms with Crippen molar-refractivity contribution in [2.45, 2.75) is 37.2 Å². The molecule has 1 rings (SSSR count). The van der Waals surface area contributed by atoms with E-state index in [9.17, 15) is 10.1 Å². The van der Waals surface area contributed by atoms with E-state index in [1.165, 1.54) is 17.8 Å². The number of nitriles is 1. The van der Waals surface area contributed by atoms with Gasteiger partial charge in [-0.25, -0.2) is 0 Å². The predicted molar refractivity (Wildman–Crippen MR) is 76.1 cm³/mol. The number of nitrogens with zero attached hydrogens (tertiary/aromatic N) is 2. The molecule has 0 aliphatic carbocycles. The monoisotopic (exact) mass is 279 g/mol. The van der Waals surface area contributed by atoms with Crippen molar-refractivity contribution in [1.82, 2.24) is 5.32 Å². The van der Waals surface area contributed by atoms with E-state index in [1.807, 2.05) is 13.8 Å². The number of nitro groups is 1. The molecule has 1 unspecified atom stereocenters. The molecule has 1 aromatic rings. The molecule has 0 aromatic heterocycles. The minimum Gasteiger partial charge on any atom is -0.300 e. The van der Waals surface area contributed by atoms with Gasteiger partial charge in [0.2, 0.25) is 0 Å². The van der Waals surface area contributed by atoms with Crippen molar-refractivity contribution in [2.24, 2.45) is 0 Å². The third-order valence-electron chi connectivity index (χ3n) is 2.42. The first-order valence-electron chi connectivity index (χ1n) is 6.06. The standard InChI is InChI=1S/C13H17N3O2S/c1-10(2)15-11(9-14)7-8-19-13-6-4-3-5-12(13)16(17)18/h3-6,10-11,15H,7-8H2,1-2H3. The Labute approximate surface area is 117 Å². The lowest BCUT2D eigenvalue weighted by Crippen LogP contribution is -2.33. The zero-order chi connectivity index (χ0) is 14.3. The molecule has 0 saturated carbocycles. The molecule has 0 spiro atoms. The van der Waals surface area contributed by atoms with E-state index in [0.29, 0.717) is 17.1 Å². The van der Waals surface area contributed by atoms with Crippen molar-refractivity contribution in [3.63, 3.8) is 0 Å². The van der Waals surface area contributed by atoms with Crippen molar-refractivity contribution in [2.75, 3.05) is 5.75 Å². The highest BCUT2D eigenvalue weighted by Gasteiger charge is 2.14. The lowest BCUT2D eigenvalue weighted by Gasteiger charge is -2.13. The van der Waals surface area contributed by atoms with Crippen LogP contribution in [0.3, 0.4) is 0 Å². The van der Waals surface area contributed by atoms with Crippen molar-refractivity contribution in [3.8, 4) is 6.07 Å². The molecule has 5 nitrogen and oxygen atoms in total. The molecule has 1 N–H and O–H groups in total. The van der Waals surface area contributed by atoms with Gasteiger partial charge in [0.1, 0.15) is 0 Å². The highest BCUT2D eigenvalue weighted by atomic mass is 32.2. The molecule has 0 fully saturated rings. The highest BCUT2D eigenvalue weighted by Crippen LogP contribution is 2.29. The molecular weight excluding hydrogens is 262 g/mol. The van der Waals surface area contributed by atoms with Gasteiger partial charge < -0.3 is 0 Å². The van der Waals surface area contributed by atoms with E-state index in [1.54, 1.807) is 18.2 Å². The van der Waals surface area contributed by atoms with Crippen LogP contribution in [0.4, 0.5) is 5.69 Å². The number of hydrogen-bond acceptors (Lipinski definition) is 5. The van der Waals surface area contributed by atoms with Gasteiger partial charge in [-0.1, -0.05) is 12.1 Å². The smallest absolute Gasteiger partial charge is 0.282 e. The van der Waals surface area contributed by atoms with Crippen LogP contribution < -0.4 is 5.32 Å². The molecule has 1 atom stereocenters. The summed E-state index contributed by atoms with van der Waals surface area (Å²) in [6.07, 6.45) is 0.658. The van der Waals surface area contributed by atoms with Gasteiger partial charge in [0.15, 0.2) is 0 Å². The number of para-hydroxylation sites is 1. The molecule has 0 aliphatic rings. The fourth-order valence-corrected chi connectivity index (χ4v) is 2.64. The summed E-state index contributed by atoms with van der Waals surface area (Å²) < 4.78 is 0. The van der Waals surface area contributed by atoms with Crippen LogP contribution in [-0.4, -0.2) is 22.8 Å². The maximum atomic E-state index is 10.8. The molecule has 1 aromatic carbocycles. The van der Waals surface area contributed by atoms with Crippen molar-refractivity contribution < 1.29 is 4.92 Å². The Morgan fingerprint density at radius 1 is 1.47 bits per heavy atom. The molecule has 6 heteroatoms. The van der Waals surface area contributed by atoms with Gasteiger partial charge in [-0.3, -0.25) is 15.4 Å². The van der Waals surface area contributed by atoms with Crippen LogP contribution in [0.1, 0.15) is 20.3 Å². The lowest BCUT2D eigenvalue weighted by molar-refractivity contribution is -0.387. The first-order chi connectivity index (χ1) is 9.04. The highest BCUT2D eigenvalue weighted by molar-refractivity contribution is 7.99. The van der Waals surface area contributed by atoms with Crippen molar-refractivity contribution in [3.05, 3.63) is 34.4 Å². The molecule has 19 heavy (non-hydrogen) atoms. The minimum atomic E-state index is -0.378. The molecule has 0 heterocycles. The second-order valence-corrected chi connectivity index (χ2v) is 5.50. The number of rotatable bonds is 7. The van der Waals surface area contributed by atoms with E-state index >= 15 is 0 Å². The van der Waals surface area contributed by atoms with Crippen molar-refractivity contribution in [1.29, 1.82) is 5.26 Å². The van der Waals surface area contributed by atoms with Crippen LogP contribution in [0.5, 0.6) is 0 Å². The van der Waals surface area contributed by atoms with Crippen LogP contribution in [0.25, 0.3) is 0 Å². The molecule has 0 aliphatic heterocycles. The maximum Gasteiger partial charge on any atom is 0.282 e. The van der Waals surface area contributed by atoms with Crippen molar-refractivity contribution >= 4 is 17.4 Å². The van der Waals surface area contributed by atoms with Crippen LogP contribution in [0.15, 0.2) is 29.2 Å². The van der Waals surface area contributed by atoms with Gasteiger partial charge in [0, 0.05) is 17.9 Å². The molecule has 102 valence electrons. The van der Waals surface area contributed by atoms with Gasteiger partial charge in [-0.15, -0.1) is 11.8 Å². The van der Waals surface area contributed by atoms with Gasteiger partial charge in [0.05, 0.1) is 21.9 Å². The number of nitro benzene ring substituents is 1. The first-order valence-corrected chi connectivity index (χ1v) is 7.05. The predicted octanol–water partition coefficient (Wildman–Crippen LogP) is 2.97. The average Bonchev–Trinajstić information content (AvgIpc) is 2.37. The Bertz CT molecular complexity index is 471. The van der Waals surface area contributed by atoms with Gasteiger partial charge in [-0.05, 0) is 26.3 Å². The Morgan fingerprint density at radius 2 is 2.16 bits per heavy atom. The quantitative estimate of drug-likeness (QED) is 0.471. The van der Waals surface area contributed by atoms with Crippen LogP contribution in [0.2, 0.25) is 0 Å². The summed E-state index contributed by atoms with van der Waals surface area (Å²) >= 11 is 1.41. The topological polar surface area (TPSA) is 79.0 Å². The van der Waals surface area contributed by atoms with E-state index in [4.69, 9.17) is 5.26 Å². The largest absolute Gasteiger partial charge is 0.300 e. The zero-order valence-corrected chi connectivity index (χ0v) is 11.8. The molecule has 0 amide bonds. The van der Waals surface area contributed by atoms with Gasteiger partial charge in [0.25, 0.3) is 5.69 Å². The van der Waals surface area contributed by atoms with Crippen LogP contribution in [-0.2, 0) is 0 Å². The van der Waals surface area contributed by atoms with E-state index in [-0.39, 0.29) is 22.7 Å². The van der Waals surface area contributed by atoms with Crippen LogP contribution in [0, 0.1) is 21.4 Å². The van der Waals surface area contributed by atoms with E-state index in [0.717, 1.165) is 0 Å². The summed E-state index contributed by atoms with van der Waals surface area (Å²) in [5.41, 5.74) is 0.123. The number of hydrogen-bond donors (Lipinski definition) is 1. The third-order valence-corrected chi connectivity index (χ3v) is 3.51. The number of thioether (sulfide) groups is 1. The lowest BCUT2D eigenvalue weighted by atomic mass is 10.2. The average molecular weight is 279 g/mol. The SMILES string of the molecule is CC(C)NC(C#N)CCSc1ccccc1[N+](=O)[O-]. The van der Waals surface area contributed by atoms with Gasteiger partial charge >= 0.3 is 0 Å². The van der Waals surface area contributed by atoms with E-state index in [2.05, 4.69) is 11.4 Å². The molecule has 0 radical (unpaired) electrons. The zero-order valence-electron chi connectivity index (χ0n) is 11.0. The fraction of sp³-hybridized carbons (Fsp3) is 0.462. The Hall–Kier alpha value is -1.58. The molecular formula is C13H17N3O2S. The minimum absolute atomic E-state index is 0.123. The van der Waals surface area contributed by atoms with Gasteiger partial charge in [-0.2, -0.15) is 5.26 Å². The second kappa shape index (κ2) is 7.77. The summed E-state index contributed by atoms with van der Waals surface area (Å²) in [6.45, 7) is 3.97. The molecule has 0 bridgehead atoms. The summed E-state index contributed by atoms with van der Waals surface area (Å²) in [5, 5.41) is 23.0. The Morgan fingerprint density at radius 3 is 2.74 bits per heavy atom. The van der Waals surface area contributed by atoms with E-state index < -0.39 is 0 Å². The third kappa shape index (κ3) is 5.28. The summed E-state index contributed by atoms with van der Waals surface area (Å²) in [7, 11) is 0. The molecule has 0 saturated heterocycles. The first kappa shape index (κ1) is 15.5. The summed E-state index contributed by atoms with van der Waals surface area (Å²) in [4.78, 5) is 11.1. The maximum absolute atomic E-state index is 10.8. The summed E-state index contributed by atoms with van der Waals surface area (Å²) in [5.74, 6) is 0.669. The number of benzene rings is 1. The van der Waals surface area contributed by atoms with Crippen LogP contribution >= 0.6 is 11.8 Å². The normalized spacial score (nSPS) is 12.1. The second-order valence-electron chi connectivity index (χ2n) is 4.37. The number of nitrogens with one attached hydrogen (secondary N) is 1. The fourth-order valence-electron chi connectivity index (χ4n) is 1.60. The Balaban J connectivity index is 2.54.